The van der Waals surface area contributed by atoms with Gasteiger partial charge in [-0.05, 0) is 24.1 Å². The Bertz CT molecular complexity index is 931. The van der Waals surface area contributed by atoms with Crippen LogP contribution in [-0.2, 0) is 15.8 Å². The van der Waals surface area contributed by atoms with E-state index < -0.39 is 47.4 Å². The Morgan fingerprint density at radius 1 is 1.06 bits per heavy atom. The van der Waals surface area contributed by atoms with Crippen LogP contribution >= 0.6 is 0 Å². The summed E-state index contributed by atoms with van der Waals surface area (Å²) in [5, 5.41) is 11.2. The Kier molecular flexibility index (Phi) is 6.42. The van der Waals surface area contributed by atoms with Crippen molar-refractivity contribution < 1.29 is 35.9 Å². The van der Waals surface area contributed by atoms with Gasteiger partial charge in [0.25, 0.3) is 0 Å². The zero-order valence-corrected chi connectivity index (χ0v) is 16.9. The molecular weight excluding hydrogens is 442 g/mol. The Morgan fingerprint density at radius 2 is 1.66 bits per heavy atom. The van der Waals surface area contributed by atoms with E-state index in [1.807, 2.05) is 0 Å². The third-order valence-corrected chi connectivity index (χ3v) is 5.86. The van der Waals surface area contributed by atoms with Crippen molar-refractivity contribution in [2.75, 3.05) is 26.2 Å². The molecule has 2 aliphatic rings. The van der Waals surface area contributed by atoms with Crippen LogP contribution in [0.5, 0.6) is 0 Å². The van der Waals surface area contributed by atoms with Crippen molar-refractivity contribution in [1.29, 1.82) is 5.26 Å². The number of benzene rings is 1. The molecule has 2 amide bonds. The minimum Gasteiger partial charge on any atom is -0.339 e. The van der Waals surface area contributed by atoms with Gasteiger partial charge in [0.1, 0.15) is 6.04 Å². The maximum atomic E-state index is 13.7. The van der Waals surface area contributed by atoms with Gasteiger partial charge < -0.3 is 9.80 Å². The Balaban J connectivity index is 1.85. The topological polar surface area (TPSA) is 76.4 Å². The van der Waals surface area contributed by atoms with Gasteiger partial charge >= 0.3 is 12.4 Å². The van der Waals surface area contributed by atoms with Gasteiger partial charge in [0, 0.05) is 39.0 Å². The molecule has 2 heterocycles. The Labute approximate surface area is 179 Å². The van der Waals surface area contributed by atoms with Gasteiger partial charge in [-0.15, -0.1) is 0 Å². The monoisotopic (exact) mass is 462 g/mol. The Morgan fingerprint density at radius 3 is 2.16 bits per heavy atom. The van der Waals surface area contributed by atoms with Gasteiger partial charge in [-0.1, -0.05) is 6.07 Å². The average Bonchev–Trinajstić information content (AvgIpc) is 3.18. The largest absolute Gasteiger partial charge is 0.417 e. The minimum atomic E-state index is -4.91. The summed E-state index contributed by atoms with van der Waals surface area (Å²) in [5.74, 6) is -2.19. The molecule has 1 aromatic rings. The van der Waals surface area contributed by atoms with E-state index in [0.717, 1.165) is 12.1 Å². The lowest BCUT2D eigenvalue weighted by Gasteiger charge is -2.35. The lowest BCUT2D eigenvalue weighted by molar-refractivity contribution is -0.157. The molecule has 0 saturated carbocycles. The summed E-state index contributed by atoms with van der Waals surface area (Å²) in [6.45, 7) is 2.20. The van der Waals surface area contributed by atoms with Crippen molar-refractivity contribution >= 4 is 11.8 Å². The second-order valence-corrected chi connectivity index (χ2v) is 7.83. The molecule has 0 spiro atoms. The predicted octanol–water partition coefficient (Wildman–Crippen LogP) is 2.64. The smallest absolute Gasteiger partial charge is 0.339 e. The standard InChI is InChI=1S/C20H20F6N4O2/c1-11(31)29-4-6-30(7-5-29)18(32)16-9-14(17(28-16)20(24,25)26)12-2-3-13(10-27)15(8-12)19(21,22)23/h2-3,8,14,16-17,28H,4-7,9H2,1H3. The lowest BCUT2D eigenvalue weighted by atomic mass is 9.88. The zero-order chi connectivity index (χ0) is 23.8. The molecule has 0 bridgehead atoms. The molecule has 1 N–H and O–H groups in total. The molecule has 12 heteroatoms. The van der Waals surface area contributed by atoms with E-state index in [1.54, 1.807) is 0 Å². The van der Waals surface area contributed by atoms with Crippen LogP contribution in [0, 0.1) is 11.3 Å². The van der Waals surface area contributed by atoms with Crippen molar-refractivity contribution in [1.82, 2.24) is 15.1 Å². The first-order chi connectivity index (χ1) is 14.8. The highest BCUT2D eigenvalue weighted by molar-refractivity contribution is 5.83. The number of rotatable bonds is 2. The number of piperazine rings is 1. The molecule has 0 aliphatic carbocycles. The van der Waals surface area contributed by atoms with E-state index in [0.29, 0.717) is 6.07 Å². The van der Waals surface area contributed by atoms with Crippen LogP contribution in [0.25, 0.3) is 0 Å². The van der Waals surface area contributed by atoms with E-state index in [1.165, 1.54) is 22.8 Å². The summed E-state index contributed by atoms with van der Waals surface area (Å²) < 4.78 is 80.9. The first-order valence-corrected chi connectivity index (χ1v) is 9.81. The van der Waals surface area contributed by atoms with Gasteiger partial charge in [-0.25, -0.2) is 0 Å². The summed E-state index contributed by atoms with van der Waals surface area (Å²) in [6.07, 6.45) is -10.1. The van der Waals surface area contributed by atoms with Crippen LogP contribution in [-0.4, -0.2) is 66.1 Å². The molecule has 2 saturated heterocycles. The predicted molar refractivity (Wildman–Crippen MR) is 99.1 cm³/mol. The fourth-order valence-corrected chi connectivity index (χ4v) is 4.20. The summed E-state index contributed by atoms with van der Waals surface area (Å²) >= 11 is 0. The molecule has 0 aromatic heterocycles. The van der Waals surface area contributed by atoms with E-state index in [4.69, 9.17) is 5.26 Å². The van der Waals surface area contributed by atoms with Crippen LogP contribution < -0.4 is 5.32 Å². The second-order valence-electron chi connectivity index (χ2n) is 7.83. The van der Waals surface area contributed by atoms with E-state index >= 15 is 0 Å². The van der Waals surface area contributed by atoms with E-state index in [-0.39, 0.29) is 44.1 Å². The van der Waals surface area contributed by atoms with E-state index in [2.05, 4.69) is 5.32 Å². The van der Waals surface area contributed by atoms with Crippen LogP contribution in [0.4, 0.5) is 26.3 Å². The van der Waals surface area contributed by atoms with E-state index in [9.17, 15) is 35.9 Å². The number of amides is 2. The van der Waals surface area contributed by atoms with Crippen LogP contribution in [0.1, 0.15) is 36.0 Å². The molecular formula is C20H20F6N4O2. The molecule has 6 nitrogen and oxygen atoms in total. The van der Waals surface area contributed by atoms with Gasteiger partial charge in [-0.2, -0.15) is 31.6 Å². The molecule has 0 radical (unpaired) electrons. The molecule has 3 unspecified atom stereocenters. The summed E-state index contributed by atoms with van der Waals surface area (Å²) in [6, 6.07) is 0.415. The molecule has 174 valence electrons. The SMILES string of the molecule is CC(=O)N1CCN(C(=O)C2CC(c3ccc(C#N)c(C(F)(F)F)c3)C(C(F)(F)F)N2)CC1. The van der Waals surface area contributed by atoms with Crippen molar-refractivity contribution in [2.24, 2.45) is 0 Å². The van der Waals surface area contributed by atoms with Crippen LogP contribution in [0.3, 0.4) is 0 Å². The van der Waals surface area contributed by atoms with Gasteiger partial charge in [0.2, 0.25) is 11.8 Å². The first-order valence-electron chi connectivity index (χ1n) is 9.81. The minimum absolute atomic E-state index is 0.160. The maximum absolute atomic E-state index is 13.7. The number of hydrogen-bond donors (Lipinski definition) is 1. The number of nitriles is 1. The molecule has 2 aliphatic heterocycles. The third-order valence-electron chi connectivity index (χ3n) is 5.86. The summed E-state index contributed by atoms with van der Waals surface area (Å²) in [7, 11) is 0. The number of nitrogens with zero attached hydrogens (tertiary/aromatic N) is 3. The average molecular weight is 462 g/mol. The zero-order valence-electron chi connectivity index (χ0n) is 16.9. The van der Waals surface area contributed by atoms with Gasteiger partial charge in [0.15, 0.2) is 0 Å². The maximum Gasteiger partial charge on any atom is 0.417 e. The number of carbonyl (C=O) groups excluding carboxylic acids is 2. The normalized spacial score (nSPS) is 24.4. The third kappa shape index (κ3) is 4.82. The number of carbonyl (C=O) groups is 2. The number of nitrogens with one attached hydrogen (secondary N) is 1. The summed E-state index contributed by atoms with van der Waals surface area (Å²) in [4.78, 5) is 27.1. The number of alkyl halides is 6. The number of hydrogen-bond acceptors (Lipinski definition) is 4. The highest BCUT2D eigenvalue weighted by atomic mass is 19.4. The first kappa shape index (κ1) is 23.8. The number of halogens is 6. The van der Waals surface area contributed by atoms with Crippen molar-refractivity contribution in [2.45, 2.75) is 43.7 Å². The molecule has 1 aromatic carbocycles. The fraction of sp³-hybridized carbons (Fsp3) is 0.550. The highest BCUT2D eigenvalue weighted by Gasteiger charge is 2.53. The quantitative estimate of drug-likeness (QED) is 0.686. The highest BCUT2D eigenvalue weighted by Crippen LogP contribution is 2.42. The molecule has 3 atom stereocenters. The van der Waals surface area contributed by atoms with Crippen LogP contribution in [0.2, 0.25) is 0 Å². The van der Waals surface area contributed by atoms with Crippen molar-refractivity contribution in [3.05, 3.63) is 34.9 Å². The van der Waals surface area contributed by atoms with Gasteiger partial charge in [0.05, 0.1) is 23.2 Å². The van der Waals surface area contributed by atoms with Crippen molar-refractivity contribution in [3.8, 4) is 6.07 Å². The van der Waals surface area contributed by atoms with Crippen LogP contribution in [0.15, 0.2) is 18.2 Å². The molecule has 3 rings (SSSR count). The van der Waals surface area contributed by atoms with Gasteiger partial charge in [-0.3, -0.25) is 14.9 Å². The second kappa shape index (κ2) is 8.61. The van der Waals surface area contributed by atoms with Crippen molar-refractivity contribution in [3.63, 3.8) is 0 Å². The fourth-order valence-electron chi connectivity index (χ4n) is 4.20. The molecule has 32 heavy (non-hydrogen) atoms. The molecule has 2 fully saturated rings. The lowest BCUT2D eigenvalue weighted by Crippen LogP contribution is -2.55. The summed E-state index contributed by atoms with van der Waals surface area (Å²) in [5.41, 5.74) is -2.25. The Hall–Kier alpha value is -2.81.